The minimum absolute atomic E-state index is 0.0177. The topological polar surface area (TPSA) is 52.6 Å². The van der Waals surface area contributed by atoms with Crippen LogP contribution in [0.15, 0.2) is 30.3 Å². The van der Waals surface area contributed by atoms with Crippen molar-refractivity contribution in [3.8, 4) is 0 Å². The van der Waals surface area contributed by atoms with Crippen LogP contribution >= 0.6 is 0 Å². The standard InChI is InChI=1S/C21H32O4SeSi/c1-7-27(8-2,9-3)18(26-16-13-11-10-12-14-16)17-15(4)21(17,19(22)24-5)20(23)25-6/h10-15,17-18H,7-9H2,1-6H3/t15-,17-,18+/m1/s1. The first-order chi connectivity index (χ1) is 12.9. The molecule has 1 aliphatic rings. The van der Waals surface area contributed by atoms with Gasteiger partial charge in [-0.2, -0.15) is 0 Å². The number of carbonyl (C=O) groups is 2. The van der Waals surface area contributed by atoms with E-state index < -0.39 is 25.4 Å². The van der Waals surface area contributed by atoms with E-state index in [-0.39, 0.29) is 26.8 Å². The van der Waals surface area contributed by atoms with E-state index >= 15 is 0 Å². The Labute approximate surface area is 170 Å². The van der Waals surface area contributed by atoms with Gasteiger partial charge >= 0.3 is 171 Å². The first kappa shape index (κ1) is 22.2. The second-order valence-electron chi connectivity index (χ2n) is 7.44. The molecule has 1 aromatic rings. The molecule has 3 atom stereocenters. The van der Waals surface area contributed by atoms with E-state index in [1.165, 1.54) is 36.8 Å². The van der Waals surface area contributed by atoms with Gasteiger partial charge < -0.3 is 0 Å². The summed E-state index contributed by atoms with van der Waals surface area (Å²) in [6, 6.07) is 14.0. The van der Waals surface area contributed by atoms with Crippen molar-refractivity contribution in [3.63, 3.8) is 0 Å². The van der Waals surface area contributed by atoms with Crippen LogP contribution in [0.3, 0.4) is 0 Å². The Hall–Kier alpha value is -1.10. The van der Waals surface area contributed by atoms with Crippen molar-refractivity contribution < 1.29 is 19.1 Å². The van der Waals surface area contributed by atoms with Gasteiger partial charge in [0.1, 0.15) is 0 Å². The summed E-state index contributed by atoms with van der Waals surface area (Å²) in [5, 5.41) is 0. The minimum atomic E-state index is -1.67. The third-order valence-electron chi connectivity index (χ3n) is 6.77. The van der Waals surface area contributed by atoms with Crippen LogP contribution in [-0.2, 0) is 19.1 Å². The van der Waals surface area contributed by atoms with Crippen LogP contribution in [0.2, 0.25) is 22.6 Å². The third kappa shape index (κ3) is 3.64. The van der Waals surface area contributed by atoms with Gasteiger partial charge in [-0.25, -0.2) is 0 Å². The maximum atomic E-state index is 12.8. The number of esters is 2. The fourth-order valence-electron chi connectivity index (χ4n) is 4.74. The van der Waals surface area contributed by atoms with E-state index in [0.717, 1.165) is 0 Å². The van der Waals surface area contributed by atoms with E-state index in [1.807, 2.05) is 13.0 Å². The number of hydrogen-bond acceptors (Lipinski definition) is 4. The molecule has 0 radical (unpaired) electrons. The summed E-state index contributed by atoms with van der Waals surface area (Å²) in [6.45, 7) is 8.89. The molecule has 0 spiro atoms. The van der Waals surface area contributed by atoms with Gasteiger partial charge in [0.05, 0.1) is 0 Å². The zero-order valence-electron chi connectivity index (χ0n) is 17.3. The molecule has 0 amide bonds. The molecular formula is C21H32O4SeSi. The molecule has 0 bridgehead atoms. The van der Waals surface area contributed by atoms with Crippen molar-refractivity contribution >= 4 is 39.4 Å². The fourth-order valence-corrected chi connectivity index (χ4v) is 17.0. The maximum absolute atomic E-state index is 12.8. The van der Waals surface area contributed by atoms with Crippen LogP contribution in [-0.4, -0.2) is 49.2 Å². The van der Waals surface area contributed by atoms with Crippen molar-refractivity contribution in [1.82, 2.24) is 0 Å². The molecule has 150 valence electrons. The fraction of sp³-hybridized carbons (Fsp3) is 0.619. The second kappa shape index (κ2) is 8.93. The molecule has 1 aliphatic carbocycles. The third-order valence-corrected chi connectivity index (χ3v) is 18.6. The molecular weight excluding hydrogens is 423 g/mol. The summed E-state index contributed by atoms with van der Waals surface area (Å²) < 4.78 is 11.9. The van der Waals surface area contributed by atoms with E-state index in [9.17, 15) is 9.59 Å². The van der Waals surface area contributed by atoms with Crippen LogP contribution in [0.5, 0.6) is 0 Å². The summed E-state index contributed by atoms with van der Waals surface area (Å²) in [7, 11) is 1.08. The van der Waals surface area contributed by atoms with E-state index in [0.29, 0.717) is 4.44 Å². The normalized spacial score (nSPS) is 22.0. The SMILES string of the molecule is CC[Si](CC)(CC)[C@H]([Se]c1ccccc1)[C@H]1[C@@H](C)C1(C(=O)OC)C(=O)OC. The average Bonchev–Trinajstić information content (AvgIpc) is 3.33. The first-order valence-corrected chi connectivity index (χ1v) is 14.3. The van der Waals surface area contributed by atoms with Gasteiger partial charge in [0.15, 0.2) is 0 Å². The molecule has 4 nitrogen and oxygen atoms in total. The molecule has 6 heteroatoms. The van der Waals surface area contributed by atoms with E-state index in [4.69, 9.17) is 9.47 Å². The van der Waals surface area contributed by atoms with Gasteiger partial charge in [-0.15, -0.1) is 0 Å². The average molecular weight is 456 g/mol. The molecule has 0 unspecified atom stereocenters. The number of benzene rings is 1. The Kier molecular flexibility index (Phi) is 7.34. The Balaban J connectivity index is 2.53. The zero-order chi connectivity index (χ0) is 20.2. The van der Waals surface area contributed by atoms with Gasteiger partial charge in [-0.3, -0.25) is 0 Å². The van der Waals surface area contributed by atoms with Crippen LogP contribution in [0.1, 0.15) is 27.7 Å². The van der Waals surface area contributed by atoms with E-state index in [2.05, 4.69) is 45.0 Å². The van der Waals surface area contributed by atoms with Crippen molar-refractivity contribution in [2.24, 2.45) is 17.3 Å². The van der Waals surface area contributed by atoms with Crippen molar-refractivity contribution in [2.45, 2.75) is 50.3 Å². The number of ether oxygens (including phenoxy) is 2. The second-order valence-corrected chi connectivity index (χ2v) is 16.4. The Morgan fingerprint density at radius 3 is 1.93 bits per heavy atom. The Bertz CT molecular complexity index is 635. The van der Waals surface area contributed by atoms with Gasteiger partial charge in [0.2, 0.25) is 0 Å². The number of methoxy groups -OCH3 is 2. The Morgan fingerprint density at radius 1 is 1.04 bits per heavy atom. The number of carbonyl (C=O) groups excluding carboxylic acids is 2. The molecule has 0 heterocycles. The summed E-state index contributed by atoms with van der Waals surface area (Å²) >= 11 is 0.207. The predicted molar refractivity (Wildman–Crippen MR) is 112 cm³/mol. The predicted octanol–water partition coefficient (Wildman–Crippen LogP) is 3.45. The molecule has 2 rings (SSSR count). The first-order valence-electron chi connectivity index (χ1n) is 9.78. The van der Waals surface area contributed by atoms with E-state index in [1.54, 1.807) is 0 Å². The molecule has 0 aliphatic heterocycles. The number of hydrogen-bond donors (Lipinski definition) is 0. The van der Waals surface area contributed by atoms with Crippen LogP contribution in [0.4, 0.5) is 0 Å². The van der Waals surface area contributed by atoms with Gasteiger partial charge in [-0.1, -0.05) is 0 Å². The molecule has 27 heavy (non-hydrogen) atoms. The quantitative estimate of drug-likeness (QED) is 0.325. The Morgan fingerprint density at radius 2 is 1.52 bits per heavy atom. The molecule has 0 saturated heterocycles. The molecule has 1 saturated carbocycles. The number of rotatable bonds is 9. The molecule has 1 fully saturated rings. The van der Waals surface area contributed by atoms with Crippen LogP contribution < -0.4 is 4.46 Å². The van der Waals surface area contributed by atoms with Gasteiger partial charge in [0.25, 0.3) is 0 Å². The summed E-state index contributed by atoms with van der Waals surface area (Å²) in [5.74, 6) is -0.868. The van der Waals surface area contributed by atoms with Crippen LogP contribution in [0, 0.1) is 17.3 Å². The van der Waals surface area contributed by atoms with Crippen LogP contribution in [0.25, 0.3) is 0 Å². The zero-order valence-corrected chi connectivity index (χ0v) is 20.0. The van der Waals surface area contributed by atoms with Gasteiger partial charge in [-0.05, 0) is 0 Å². The molecule has 0 N–H and O–H groups in total. The summed E-state index contributed by atoms with van der Waals surface area (Å²) in [6.07, 6.45) is 0. The summed E-state index contributed by atoms with van der Waals surface area (Å²) in [4.78, 5) is 25.5. The molecule has 1 aromatic carbocycles. The van der Waals surface area contributed by atoms with Crippen molar-refractivity contribution in [2.75, 3.05) is 14.2 Å². The molecule has 0 aromatic heterocycles. The monoisotopic (exact) mass is 456 g/mol. The van der Waals surface area contributed by atoms with Gasteiger partial charge in [0, 0.05) is 0 Å². The summed E-state index contributed by atoms with van der Waals surface area (Å²) in [5.41, 5.74) is -1.12. The van der Waals surface area contributed by atoms with Crippen molar-refractivity contribution in [1.29, 1.82) is 0 Å². The van der Waals surface area contributed by atoms with Crippen molar-refractivity contribution in [3.05, 3.63) is 30.3 Å².